The summed E-state index contributed by atoms with van der Waals surface area (Å²) in [5.41, 5.74) is 0.975. The number of benzene rings is 2. The molecule has 0 aliphatic rings. The summed E-state index contributed by atoms with van der Waals surface area (Å²) in [4.78, 5) is 23.5. The van der Waals surface area contributed by atoms with Gasteiger partial charge in [0.15, 0.2) is 0 Å². The third-order valence-corrected chi connectivity index (χ3v) is 6.45. The van der Waals surface area contributed by atoms with Gasteiger partial charge in [-0.05, 0) is 36.4 Å². The van der Waals surface area contributed by atoms with E-state index >= 15 is 0 Å². The lowest BCUT2D eigenvalue weighted by atomic mass is 10.2. The van der Waals surface area contributed by atoms with Crippen LogP contribution >= 0.6 is 0 Å². The first-order valence-corrected chi connectivity index (χ1v) is 11.6. The molecule has 9 heteroatoms. The highest BCUT2D eigenvalue weighted by Crippen LogP contribution is 2.17. The predicted molar refractivity (Wildman–Crippen MR) is 123 cm³/mol. The van der Waals surface area contributed by atoms with Crippen molar-refractivity contribution < 1.29 is 22.7 Å². The van der Waals surface area contributed by atoms with Crippen molar-refractivity contribution in [1.29, 1.82) is 0 Å². The molecule has 2 rings (SSSR count). The number of rotatable bonds is 9. The lowest BCUT2D eigenvalue weighted by Gasteiger charge is -2.18. The number of hydrogen-bond acceptors (Lipinski definition) is 5. The van der Waals surface area contributed by atoms with Crippen LogP contribution in [0.1, 0.15) is 31.1 Å². The number of amides is 2. The molecule has 0 fully saturated rings. The highest BCUT2D eigenvalue weighted by atomic mass is 32.2. The van der Waals surface area contributed by atoms with Crippen molar-refractivity contribution in [3.63, 3.8) is 0 Å². The summed E-state index contributed by atoms with van der Waals surface area (Å²) in [6, 6.07) is 12.8. The van der Waals surface area contributed by atoms with Crippen LogP contribution < -0.4 is 15.4 Å². The fourth-order valence-corrected chi connectivity index (χ4v) is 4.28. The van der Waals surface area contributed by atoms with E-state index in [2.05, 4.69) is 22.5 Å². The molecule has 0 aromatic heterocycles. The molecule has 0 saturated heterocycles. The summed E-state index contributed by atoms with van der Waals surface area (Å²) in [6.45, 7) is 5.98. The SMILES string of the molecule is CCN(CC)S(=O)(=O)c1ccc(C(=O)NCC#CCOc2cccc(NC(C)=O)c2)cc1. The Kier molecular flexibility index (Phi) is 9.25. The Morgan fingerprint density at radius 1 is 1.03 bits per heavy atom. The monoisotopic (exact) mass is 457 g/mol. The van der Waals surface area contributed by atoms with Gasteiger partial charge in [0, 0.05) is 37.3 Å². The summed E-state index contributed by atoms with van der Waals surface area (Å²) in [5.74, 6) is 5.63. The Morgan fingerprint density at radius 2 is 1.72 bits per heavy atom. The number of ether oxygens (including phenoxy) is 1. The fourth-order valence-electron chi connectivity index (χ4n) is 2.82. The molecular weight excluding hydrogens is 430 g/mol. The third-order valence-electron chi connectivity index (χ3n) is 4.39. The molecule has 32 heavy (non-hydrogen) atoms. The number of anilines is 1. The van der Waals surface area contributed by atoms with E-state index in [9.17, 15) is 18.0 Å². The van der Waals surface area contributed by atoms with Crippen LogP contribution in [-0.2, 0) is 14.8 Å². The maximum absolute atomic E-state index is 12.5. The zero-order valence-corrected chi connectivity index (χ0v) is 19.2. The van der Waals surface area contributed by atoms with E-state index in [1.165, 1.54) is 35.5 Å². The number of hydrogen-bond donors (Lipinski definition) is 2. The van der Waals surface area contributed by atoms with Crippen molar-refractivity contribution in [3.05, 3.63) is 54.1 Å². The van der Waals surface area contributed by atoms with Crippen LogP contribution in [0.2, 0.25) is 0 Å². The van der Waals surface area contributed by atoms with Crippen molar-refractivity contribution in [2.24, 2.45) is 0 Å². The topological polar surface area (TPSA) is 105 Å². The second kappa shape index (κ2) is 11.9. The Balaban J connectivity index is 1.84. The van der Waals surface area contributed by atoms with Crippen LogP contribution in [0.5, 0.6) is 5.75 Å². The summed E-state index contributed by atoms with van der Waals surface area (Å²) in [7, 11) is -3.56. The van der Waals surface area contributed by atoms with E-state index in [1.54, 1.807) is 38.1 Å². The smallest absolute Gasteiger partial charge is 0.252 e. The maximum Gasteiger partial charge on any atom is 0.252 e. The minimum atomic E-state index is -3.56. The Labute approximate surface area is 189 Å². The average molecular weight is 458 g/mol. The molecule has 0 spiro atoms. The second-order valence-corrected chi connectivity index (χ2v) is 8.59. The quantitative estimate of drug-likeness (QED) is 0.563. The number of carbonyl (C=O) groups is 2. The van der Waals surface area contributed by atoms with Crippen LogP contribution in [0.25, 0.3) is 0 Å². The molecule has 8 nitrogen and oxygen atoms in total. The number of sulfonamides is 1. The Morgan fingerprint density at radius 3 is 2.34 bits per heavy atom. The van der Waals surface area contributed by atoms with E-state index in [0.717, 1.165) is 0 Å². The van der Waals surface area contributed by atoms with Crippen molar-refractivity contribution in [2.75, 3.05) is 31.6 Å². The number of carbonyl (C=O) groups excluding carboxylic acids is 2. The first-order valence-electron chi connectivity index (χ1n) is 10.1. The summed E-state index contributed by atoms with van der Waals surface area (Å²) in [6.07, 6.45) is 0. The van der Waals surface area contributed by atoms with Crippen LogP contribution in [0.15, 0.2) is 53.4 Å². The molecule has 170 valence electrons. The molecule has 0 aliphatic heterocycles. The zero-order chi connectivity index (χ0) is 23.6. The van der Waals surface area contributed by atoms with E-state index < -0.39 is 10.0 Å². The molecule has 0 unspecified atom stereocenters. The van der Waals surface area contributed by atoms with E-state index in [4.69, 9.17) is 4.74 Å². The Hall–Kier alpha value is -3.35. The maximum atomic E-state index is 12.5. The summed E-state index contributed by atoms with van der Waals surface area (Å²) < 4.78 is 31.8. The highest BCUT2D eigenvalue weighted by Gasteiger charge is 2.21. The minimum absolute atomic E-state index is 0.119. The molecular formula is C23H27N3O5S. The largest absolute Gasteiger partial charge is 0.481 e. The molecule has 0 aliphatic carbocycles. The van der Waals surface area contributed by atoms with Gasteiger partial charge in [-0.1, -0.05) is 31.8 Å². The molecule has 0 saturated carbocycles. The minimum Gasteiger partial charge on any atom is -0.481 e. The van der Waals surface area contributed by atoms with Gasteiger partial charge in [0.1, 0.15) is 12.4 Å². The van der Waals surface area contributed by atoms with Gasteiger partial charge in [-0.3, -0.25) is 9.59 Å². The van der Waals surface area contributed by atoms with Crippen LogP contribution in [0, 0.1) is 11.8 Å². The molecule has 2 amide bonds. The van der Waals surface area contributed by atoms with Crippen LogP contribution in [-0.4, -0.2) is 50.8 Å². The van der Waals surface area contributed by atoms with Crippen molar-refractivity contribution in [1.82, 2.24) is 9.62 Å². The molecule has 2 aromatic carbocycles. The van der Waals surface area contributed by atoms with Gasteiger partial charge in [0.05, 0.1) is 11.4 Å². The molecule has 0 radical (unpaired) electrons. The van der Waals surface area contributed by atoms with E-state index in [-0.39, 0.29) is 29.9 Å². The predicted octanol–water partition coefficient (Wildman–Crippen LogP) is 2.49. The Bertz CT molecular complexity index is 1100. The van der Waals surface area contributed by atoms with Crippen molar-refractivity contribution in [3.8, 4) is 17.6 Å². The first kappa shape index (κ1) is 24.9. The number of nitrogens with one attached hydrogen (secondary N) is 2. The third kappa shape index (κ3) is 7.11. The van der Waals surface area contributed by atoms with E-state index in [0.29, 0.717) is 30.1 Å². The van der Waals surface area contributed by atoms with Crippen LogP contribution in [0.4, 0.5) is 5.69 Å². The van der Waals surface area contributed by atoms with Gasteiger partial charge in [0.25, 0.3) is 5.91 Å². The zero-order valence-electron chi connectivity index (χ0n) is 18.3. The van der Waals surface area contributed by atoms with Crippen molar-refractivity contribution >= 4 is 27.5 Å². The molecule has 2 aromatic rings. The normalized spacial score (nSPS) is 10.8. The lowest BCUT2D eigenvalue weighted by Crippen LogP contribution is -2.30. The number of nitrogens with zero attached hydrogens (tertiary/aromatic N) is 1. The average Bonchev–Trinajstić information content (AvgIpc) is 2.76. The molecule has 0 heterocycles. The van der Waals surface area contributed by atoms with Gasteiger partial charge in [-0.2, -0.15) is 4.31 Å². The fraction of sp³-hybridized carbons (Fsp3) is 0.304. The standard InChI is InChI=1S/C23H27N3O5S/c1-4-26(5-2)32(29,30)22-13-11-19(12-14-22)23(28)24-15-6-7-16-31-21-10-8-9-20(17-21)25-18(3)27/h8-14,17H,4-5,15-16H2,1-3H3,(H,24,28)(H,25,27). The van der Waals surface area contributed by atoms with Gasteiger partial charge < -0.3 is 15.4 Å². The highest BCUT2D eigenvalue weighted by molar-refractivity contribution is 7.89. The van der Waals surface area contributed by atoms with Gasteiger partial charge in [-0.15, -0.1) is 0 Å². The second-order valence-electron chi connectivity index (χ2n) is 6.65. The first-order chi connectivity index (χ1) is 15.3. The van der Waals surface area contributed by atoms with Gasteiger partial charge in [-0.25, -0.2) is 8.42 Å². The molecule has 0 bridgehead atoms. The van der Waals surface area contributed by atoms with Gasteiger partial charge in [0.2, 0.25) is 15.9 Å². The lowest BCUT2D eigenvalue weighted by molar-refractivity contribution is -0.114. The van der Waals surface area contributed by atoms with E-state index in [1.807, 2.05) is 0 Å². The van der Waals surface area contributed by atoms with Crippen LogP contribution in [0.3, 0.4) is 0 Å². The summed E-state index contributed by atoms with van der Waals surface area (Å²) in [5, 5.41) is 5.32. The van der Waals surface area contributed by atoms with Gasteiger partial charge >= 0.3 is 0 Å². The summed E-state index contributed by atoms with van der Waals surface area (Å²) >= 11 is 0. The molecule has 0 atom stereocenters. The van der Waals surface area contributed by atoms with Crippen molar-refractivity contribution in [2.45, 2.75) is 25.7 Å². The molecule has 2 N–H and O–H groups in total.